The van der Waals surface area contributed by atoms with E-state index in [-0.39, 0.29) is 12.4 Å². The molecular weight excluding hydrogens is 360 g/mol. The fraction of sp³-hybridized carbons (Fsp3) is 0.0588. The van der Waals surface area contributed by atoms with Crippen LogP contribution in [0.25, 0.3) is 6.08 Å². The minimum absolute atomic E-state index is 0.0146. The SMILES string of the molecule is N#C/C(=C\c1cccc(Br)c1)C(=O)Nc1ccc2c(c1)OCO2. The molecule has 2 aromatic rings. The molecule has 1 amide bonds. The van der Waals surface area contributed by atoms with E-state index in [4.69, 9.17) is 9.47 Å². The summed E-state index contributed by atoms with van der Waals surface area (Å²) in [5, 5.41) is 11.9. The first kappa shape index (κ1) is 15.1. The lowest BCUT2D eigenvalue weighted by molar-refractivity contribution is -0.112. The summed E-state index contributed by atoms with van der Waals surface area (Å²) in [6.45, 7) is 0.166. The molecule has 0 aliphatic carbocycles. The highest BCUT2D eigenvalue weighted by atomic mass is 79.9. The molecule has 0 radical (unpaired) electrons. The molecule has 6 heteroatoms. The van der Waals surface area contributed by atoms with Crippen molar-refractivity contribution >= 4 is 33.6 Å². The number of amides is 1. The summed E-state index contributed by atoms with van der Waals surface area (Å²) in [5.41, 5.74) is 1.31. The predicted molar refractivity (Wildman–Crippen MR) is 88.9 cm³/mol. The molecule has 3 rings (SSSR count). The van der Waals surface area contributed by atoms with Gasteiger partial charge in [-0.05, 0) is 35.9 Å². The average molecular weight is 371 g/mol. The lowest BCUT2D eigenvalue weighted by Crippen LogP contribution is -2.13. The van der Waals surface area contributed by atoms with Crippen molar-refractivity contribution in [3.8, 4) is 17.6 Å². The highest BCUT2D eigenvalue weighted by molar-refractivity contribution is 9.10. The van der Waals surface area contributed by atoms with Gasteiger partial charge in [0, 0.05) is 16.2 Å². The van der Waals surface area contributed by atoms with Crippen molar-refractivity contribution in [3.63, 3.8) is 0 Å². The maximum Gasteiger partial charge on any atom is 0.266 e. The van der Waals surface area contributed by atoms with Crippen LogP contribution >= 0.6 is 15.9 Å². The zero-order valence-electron chi connectivity index (χ0n) is 11.9. The van der Waals surface area contributed by atoms with Crippen LogP contribution in [0.4, 0.5) is 5.69 Å². The smallest absolute Gasteiger partial charge is 0.266 e. The number of benzene rings is 2. The van der Waals surface area contributed by atoms with E-state index in [2.05, 4.69) is 21.2 Å². The minimum atomic E-state index is -0.480. The zero-order chi connectivity index (χ0) is 16.2. The molecule has 0 fully saturated rings. The van der Waals surface area contributed by atoms with Gasteiger partial charge in [0.2, 0.25) is 6.79 Å². The molecule has 114 valence electrons. The molecule has 1 heterocycles. The third kappa shape index (κ3) is 3.52. The first-order valence-electron chi connectivity index (χ1n) is 6.74. The lowest BCUT2D eigenvalue weighted by atomic mass is 10.1. The van der Waals surface area contributed by atoms with E-state index in [1.165, 1.54) is 6.08 Å². The number of fused-ring (bicyclic) bond motifs is 1. The third-order valence-electron chi connectivity index (χ3n) is 3.16. The van der Waals surface area contributed by atoms with Gasteiger partial charge in [0.1, 0.15) is 11.6 Å². The van der Waals surface area contributed by atoms with Crippen LogP contribution in [-0.4, -0.2) is 12.7 Å². The van der Waals surface area contributed by atoms with Gasteiger partial charge in [-0.1, -0.05) is 28.1 Å². The molecule has 1 aliphatic heterocycles. The highest BCUT2D eigenvalue weighted by Gasteiger charge is 2.15. The Morgan fingerprint density at radius 2 is 2.04 bits per heavy atom. The van der Waals surface area contributed by atoms with Crippen molar-refractivity contribution in [3.05, 3.63) is 58.1 Å². The Bertz CT molecular complexity index is 840. The number of halogens is 1. The van der Waals surface area contributed by atoms with Crippen LogP contribution in [0.1, 0.15) is 5.56 Å². The maximum atomic E-state index is 12.2. The van der Waals surface area contributed by atoms with Gasteiger partial charge < -0.3 is 14.8 Å². The fourth-order valence-corrected chi connectivity index (χ4v) is 2.50. The van der Waals surface area contributed by atoms with Crippen molar-refractivity contribution in [2.24, 2.45) is 0 Å². The van der Waals surface area contributed by atoms with Gasteiger partial charge in [-0.15, -0.1) is 0 Å². The summed E-state index contributed by atoms with van der Waals surface area (Å²) < 4.78 is 11.3. The van der Waals surface area contributed by atoms with E-state index in [9.17, 15) is 10.1 Å². The standard InChI is InChI=1S/C17H11BrN2O3/c18-13-3-1-2-11(7-13)6-12(9-19)17(21)20-14-4-5-15-16(8-14)23-10-22-15/h1-8H,10H2,(H,20,21)/b12-6+. The molecular formula is C17H11BrN2O3. The van der Waals surface area contributed by atoms with Crippen LogP contribution in [0.2, 0.25) is 0 Å². The number of carbonyl (C=O) groups excluding carboxylic acids is 1. The number of carbonyl (C=O) groups is 1. The van der Waals surface area contributed by atoms with Crippen LogP contribution in [0.3, 0.4) is 0 Å². The van der Waals surface area contributed by atoms with Gasteiger partial charge in [0.25, 0.3) is 5.91 Å². The fourth-order valence-electron chi connectivity index (χ4n) is 2.08. The van der Waals surface area contributed by atoms with Crippen molar-refractivity contribution in [2.45, 2.75) is 0 Å². The molecule has 1 N–H and O–H groups in total. The highest BCUT2D eigenvalue weighted by Crippen LogP contribution is 2.34. The number of rotatable bonds is 3. The summed E-state index contributed by atoms with van der Waals surface area (Å²) in [7, 11) is 0. The molecule has 23 heavy (non-hydrogen) atoms. The van der Waals surface area contributed by atoms with E-state index >= 15 is 0 Å². The Hall–Kier alpha value is -2.78. The van der Waals surface area contributed by atoms with Gasteiger partial charge in [-0.3, -0.25) is 4.79 Å². The van der Waals surface area contributed by atoms with E-state index in [0.717, 1.165) is 10.0 Å². The maximum absolute atomic E-state index is 12.2. The van der Waals surface area contributed by atoms with Crippen molar-refractivity contribution < 1.29 is 14.3 Å². The Kier molecular flexibility index (Phi) is 4.31. The molecule has 0 bridgehead atoms. The largest absolute Gasteiger partial charge is 0.454 e. The zero-order valence-corrected chi connectivity index (χ0v) is 13.5. The molecule has 0 unspecified atom stereocenters. The first-order chi connectivity index (χ1) is 11.2. The van der Waals surface area contributed by atoms with Crippen LogP contribution < -0.4 is 14.8 Å². The predicted octanol–water partition coefficient (Wildman–Crippen LogP) is 3.72. The summed E-state index contributed by atoms with van der Waals surface area (Å²) in [6, 6.07) is 14.3. The summed E-state index contributed by atoms with van der Waals surface area (Å²) in [5.74, 6) is 0.719. The second-order valence-corrected chi connectivity index (χ2v) is 5.66. The van der Waals surface area contributed by atoms with Gasteiger partial charge >= 0.3 is 0 Å². The second-order valence-electron chi connectivity index (χ2n) is 4.75. The van der Waals surface area contributed by atoms with E-state index < -0.39 is 5.91 Å². The van der Waals surface area contributed by atoms with Gasteiger partial charge in [-0.25, -0.2) is 0 Å². The lowest BCUT2D eigenvalue weighted by Gasteiger charge is -2.05. The number of nitrogens with one attached hydrogen (secondary N) is 1. The summed E-state index contributed by atoms with van der Waals surface area (Å²) in [6.07, 6.45) is 1.53. The number of hydrogen-bond acceptors (Lipinski definition) is 4. The van der Waals surface area contributed by atoms with Crippen LogP contribution in [0.15, 0.2) is 52.5 Å². The van der Waals surface area contributed by atoms with Crippen LogP contribution in [0.5, 0.6) is 11.5 Å². The Balaban J connectivity index is 1.79. The number of nitriles is 1. The van der Waals surface area contributed by atoms with Crippen LogP contribution in [-0.2, 0) is 4.79 Å². The van der Waals surface area contributed by atoms with Crippen molar-refractivity contribution in [1.29, 1.82) is 5.26 Å². The van der Waals surface area contributed by atoms with Gasteiger partial charge in [0.05, 0.1) is 0 Å². The van der Waals surface area contributed by atoms with Crippen molar-refractivity contribution in [1.82, 2.24) is 0 Å². The molecule has 1 aliphatic rings. The van der Waals surface area contributed by atoms with Gasteiger partial charge in [0.15, 0.2) is 11.5 Å². The Morgan fingerprint density at radius 3 is 2.83 bits per heavy atom. The average Bonchev–Trinajstić information content (AvgIpc) is 3.00. The number of ether oxygens (including phenoxy) is 2. The number of nitrogens with zero attached hydrogens (tertiary/aromatic N) is 1. The number of hydrogen-bond donors (Lipinski definition) is 1. The van der Waals surface area contributed by atoms with E-state index in [1.54, 1.807) is 18.2 Å². The minimum Gasteiger partial charge on any atom is -0.454 e. The Morgan fingerprint density at radius 1 is 1.22 bits per heavy atom. The summed E-state index contributed by atoms with van der Waals surface area (Å²) in [4.78, 5) is 12.2. The first-order valence-corrected chi connectivity index (χ1v) is 7.53. The molecule has 0 atom stereocenters. The van der Waals surface area contributed by atoms with Gasteiger partial charge in [-0.2, -0.15) is 5.26 Å². The second kappa shape index (κ2) is 6.55. The monoisotopic (exact) mass is 370 g/mol. The number of anilines is 1. The molecule has 0 aromatic heterocycles. The van der Waals surface area contributed by atoms with Crippen LogP contribution in [0, 0.1) is 11.3 Å². The molecule has 0 saturated heterocycles. The van der Waals surface area contributed by atoms with Crippen molar-refractivity contribution in [2.75, 3.05) is 12.1 Å². The van der Waals surface area contributed by atoms with E-state index in [0.29, 0.717) is 17.2 Å². The normalized spacial score (nSPS) is 12.6. The third-order valence-corrected chi connectivity index (χ3v) is 3.65. The molecule has 0 spiro atoms. The topological polar surface area (TPSA) is 71.4 Å². The molecule has 5 nitrogen and oxygen atoms in total. The quantitative estimate of drug-likeness (QED) is 0.659. The summed E-state index contributed by atoms with van der Waals surface area (Å²) >= 11 is 3.35. The molecule has 2 aromatic carbocycles. The van der Waals surface area contributed by atoms with E-state index in [1.807, 2.05) is 30.3 Å². The Labute approximate surface area is 141 Å². The molecule has 0 saturated carbocycles.